The van der Waals surface area contributed by atoms with E-state index in [9.17, 15) is 4.79 Å². The zero-order chi connectivity index (χ0) is 13.7. The lowest BCUT2D eigenvalue weighted by Crippen LogP contribution is -2.31. The Kier molecular flexibility index (Phi) is 5.26. The number of hydrogen-bond donors (Lipinski definition) is 1. The summed E-state index contributed by atoms with van der Waals surface area (Å²) in [5.74, 6) is 0.0398. The van der Waals surface area contributed by atoms with Crippen LogP contribution in [-0.2, 0) is 6.42 Å². The normalized spacial score (nSPS) is 15.8. The van der Waals surface area contributed by atoms with Gasteiger partial charge in [0.15, 0.2) is 0 Å². The molecule has 1 aromatic rings. The highest BCUT2D eigenvalue weighted by Crippen LogP contribution is 2.29. The van der Waals surface area contributed by atoms with Crippen molar-refractivity contribution in [3.05, 3.63) is 34.9 Å². The molecule has 3 heteroatoms. The van der Waals surface area contributed by atoms with Gasteiger partial charge < -0.3 is 5.32 Å². The van der Waals surface area contributed by atoms with Crippen LogP contribution in [-0.4, -0.2) is 12.5 Å². The number of unbranched alkanes of at least 4 members (excludes halogenated alkanes) is 3. The Bertz CT molecular complexity index is 444. The fourth-order valence-electron chi connectivity index (χ4n) is 2.54. The summed E-state index contributed by atoms with van der Waals surface area (Å²) in [7, 11) is 0. The third kappa shape index (κ3) is 3.73. The molecule has 1 aliphatic rings. The number of carbonyl (C=O) groups is 1. The second-order valence-corrected chi connectivity index (χ2v) is 5.77. The SMILES string of the molecule is CCCCCCC(Cl)c1ccc2c(c1)C(=O)NCC2. The fraction of sp³-hybridized carbons (Fsp3) is 0.562. The van der Waals surface area contributed by atoms with Gasteiger partial charge in [0.1, 0.15) is 0 Å². The topological polar surface area (TPSA) is 29.1 Å². The molecule has 0 saturated carbocycles. The number of carbonyl (C=O) groups excluding carboxylic acids is 1. The van der Waals surface area contributed by atoms with Crippen molar-refractivity contribution in [1.29, 1.82) is 0 Å². The van der Waals surface area contributed by atoms with Crippen LogP contribution in [0, 0.1) is 0 Å². The van der Waals surface area contributed by atoms with Gasteiger partial charge in [0, 0.05) is 12.1 Å². The third-order valence-electron chi connectivity index (χ3n) is 3.73. The van der Waals surface area contributed by atoms with Crippen molar-refractivity contribution in [1.82, 2.24) is 5.32 Å². The lowest BCUT2D eigenvalue weighted by molar-refractivity contribution is 0.0946. The van der Waals surface area contributed by atoms with Crippen LogP contribution in [0.15, 0.2) is 18.2 Å². The van der Waals surface area contributed by atoms with Crippen molar-refractivity contribution < 1.29 is 4.79 Å². The molecule has 0 radical (unpaired) electrons. The average molecular weight is 280 g/mol. The van der Waals surface area contributed by atoms with Gasteiger partial charge in [-0.15, -0.1) is 11.6 Å². The molecule has 1 aliphatic heterocycles. The molecule has 1 aromatic carbocycles. The van der Waals surface area contributed by atoms with E-state index in [1.807, 2.05) is 6.07 Å². The van der Waals surface area contributed by atoms with Crippen molar-refractivity contribution in [3.63, 3.8) is 0 Å². The number of hydrogen-bond acceptors (Lipinski definition) is 1. The minimum Gasteiger partial charge on any atom is -0.352 e. The fourth-order valence-corrected chi connectivity index (χ4v) is 2.83. The van der Waals surface area contributed by atoms with Gasteiger partial charge in [-0.1, -0.05) is 44.7 Å². The number of benzene rings is 1. The summed E-state index contributed by atoms with van der Waals surface area (Å²) >= 11 is 6.44. The van der Waals surface area contributed by atoms with E-state index in [-0.39, 0.29) is 11.3 Å². The molecule has 0 fully saturated rings. The number of halogens is 1. The highest BCUT2D eigenvalue weighted by Gasteiger charge is 2.18. The first-order valence-electron chi connectivity index (χ1n) is 7.27. The van der Waals surface area contributed by atoms with Crippen molar-refractivity contribution in [2.75, 3.05) is 6.54 Å². The average Bonchev–Trinajstić information content (AvgIpc) is 2.43. The maximum Gasteiger partial charge on any atom is 0.251 e. The van der Waals surface area contributed by atoms with Crippen LogP contribution in [0.5, 0.6) is 0 Å². The zero-order valence-electron chi connectivity index (χ0n) is 11.5. The van der Waals surface area contributed by atoms with Gasteiger partial charge in [0.25, 0.3) is 5.91 Å². The zero-order valence-corrected chi connectivity index (χ0v) is 12.3. The molecule has 1 N–H and O–H groups in total. The number of amides is 1. The Morgan fingerprint density at radius 3 is 2.95 bits per heavy atom. The van der Waals surface area contributed by atoms with Crippen LogP contribution in [0.4, 0.5) is 0 Å². The molecule has 0 aliphatic carbocycles. The maximum absolute atomic E-state index is 11.8. The van der Waals surface area contributed by atoms with Crippen molar-refractivity contribution in [3.8, 4) is 0 Å². The van der Waals surface area contributed by atoms with Crippen LogP contribution in [0.3, 0.4) is 0 Å². The summed E-state index contributed by atoms with van der Waals surface area (Å²) in [6, 6.07) is 6.11. The molecule has 0 spiro atoms. The Labute approximate surface area is 120 Å². The number of nitrogens with one attached hydrogen (secondary N) is 1. The van der Waals surface area contributed by atoms with E-state index in [1.54, 1.807) is 0 Å². The number of alkyl halides is 1. The van der Waals surface area contributed by atoms with Crippen molar-refractivity contribution in [2.24, 2.45) is 0 Å². The van der Waals surface area contributed by atoms with Gasteiger partial charge in [-0.3, -0.25) is 4.79 Å². The summed E-state index contributed by atoms with van der Waals surface area (Å²) in [5.41, 5.74) is 3.03. The lowest BCUT2D eigenvalue weighted by Gasteiger charge is -2.18. The van der Waals surface area contributed by atoms with E-state index in [2.05, 4.69) is 24.4 Å². The standard InChI is InChI=1S/C16H22ClNO/c1-2-3-4-5-6-15(17)13-8-7-12-9-10-18-16(19)14(12)11-13/h7-8,11,15H,2-6,9-10H2,1H3,(H,18,19). The van der Waals surface area contributed by atoms with Gasteiger partial charge in [0.05, 0.1) is 5.38 Å². The number of rotatable bonds is 6. The number of fused-ring (bicyclic) bond motifs is 1. The highest BCUT2D eigenvalue weighted by molar-refractivity contribution is 6.20. The van der Waals surface area contributed by atoms with Gasteiger partial charge in [-0.2, -0.15) is 0 Å². The Hall–Kier alpha value is -1.02. The van der Waals surface area contributed by atoms with E-state index in [4.69, 9.17) is 11.6 Å². The maximum atomic E-state index is 11.8. The van der Waals surface area contributed by atoms with Crippen LogP contribution in [0.25, 0.3) is 0 Å². The Morgan fingerprint density at radius 1 is 1.32 bits per heavy atom. The van der Waals surface area contributed by atoms with Crippen molar-refractivity contribution in [2.45, 2.75) is 50.8 Å². The highest BCUT2D eigenvalue weighted by atomic mass is 35.5. The summed E-state index contributed by atoms with van der Waals surface area (Å²) in [5, 5.41) is 2.91. The first-order chi connectivity index (χ1) is 9.22. The quantitative estimate of drug-likeness (QED) is 0.613. The largest absolute Gasteiger partial charge is 0.352 e. The molecule has 1 amide bonds. The van der Waals surface area contributed by atoms with E-state index < -0.39 is 0 Å². The lowest BCUT2D eigenvalue weighted by atomic mass is 9.95. The smallest absolute Gasteiger partial charge is 0.251 e. The Morgan fingerprint density at radius 2 is 2.16 bits per heavy atom. The Balaban J connectivity index is 2.00. The summed E-state index contributed by atoms with van der Waals surface area (Å²) in [6.07, 6.45) is 6.82. The van der Waals surface area contributed by atoms with E-state index in [1.165, 1.54) is 19.3 Å². The minimum absolute atomic E-state index is 0.0249. The van der Waals surface area contributed by atoms with Gasteiger partial charge >= 0.3 is 0 Å². The third-order valence-corrected chi connectivity index (χ3v) is 4.20. The second kappa shape index (κ2) is 6.95. The van der Waals surface area contributed by atoms with Gasteiger partial charge in [0.2, 0.25) is 0 Å². The molecule has 2 rings (SSSR count). The van der Waals surface area contributed by atoms with Crippen LogP contribution in [0.2, 0.25) is 0 Å². The molecule has 104 valence electrons. The first kappa shape index (κ1) is 14.4. The predicted molar refractivity (Wildman–Crippen MR) is 79.8 cm³/mol. The van der Waals surface area contributed by atoms with Crippen LogP contribution in [0.1, 0.15) is 65.9 Å². The minimum atomic E-state index is 0.0249. The molecule has 0 bridgehead atoms. The predicted octanol–water partition coefficient (Wildman–Crippen LogP) is 4.22. The van der Waals surface area contributed by atoms with Crippen LogP contribution < -0.4 is 5.32 Å². The van der Waals surface area contributed by atoms with E-state index in [0.29, 0.717) is 0 Å². The van der Waals surface area contributed by atoms with Crippen LogP contribution >= 0.6 is 11.6 Å². The molecular formula is C16H22ClNO. The first-order valence-corrected chi connectivity index (χ1v) is 7.71. The van der Waals surface area contributed by atoms with Gasteiger partial charge in [-0.05, 0) is 30.0 Å². The molecule has 1 unspecified atom stereocenters. The van der Waals surface area contributed by atoms with Crippen molar-refractivity contribution >= 4 is 17.5 Å². The molecule has 19 heavy (non-hydrogen) atoms. The summed E-state index contributed by atoms with van der Waals surface area (Å²) in [6.45, 7) is 2.95. The molecule has 1 heterocycles. The molecule has 1 atom stereocenters. The van der Waals surface area contributed by atoms with E-state index >= 15 is 0 Å². The summed E-state index contributed by atoms with van der Waals surface area (Å²) < 4.78 is 0. The van der Waals surface area contributed by atoms with E-state index in [0.717, 1.165) is 42.5 Å². The second-order valence-electron chi connectivity index (χ2n) is 5.24. The summed E-state index contributed by atoms with van der Waals surface area (Å²) in [4.78, 5) is 11.8. The van der Waals surface area contributed by atoms with Gasteiger partial charge in [-0.25, -0.2) is 0 Å². The monoisotopic (exact) mass is 279 g/mol. The molecule has 0 saturated heterocycles. The molecule has 2 nitrogen and oxygen atoms in total. The molecular weight excluding hydrogens is 258 g/mol. The molecule has 0 aromatic heterocycles.